The molecular formula is C12H9F3O3. The fourth-order valence-electron chi connectivity index (χ4n) is 1.61. The van der Waals surface area contributed by atoms with Gasteiger partial charge in [0.2, 0.25) is 5.76 Å². The van der Waals surface area contributed by atoms with Crippen LogP contribution in [0.2, 0.25) is 0 Å². The summed E-state index contributed by atoms with van der Waals surface area (Å²) in [5.74, 6) is -2.90. The second-order valence-electron chi connectivity index (χ2n) is 3.97. The maximum atomic E-state index is 12.4. The largest absolute Gasteiger partial charge is 0.481 e. The van der Waals surface area contributed by atoms with E-state index >= 15 is 0 Å². The van der Waals surface area contributed by atoms with Crippen molar-refractivity contribution >= 4 is 16.9 Å². The first kappa shape index (κ1) is 12.5. The first-order valence-electron chi connectivity index (χ1n) is 5.12. The summed E-state index contributed by atoms with van der Waals surface area (Å²) < 4.78 is 41.9. The molecule has 0 fully saturated rings. The van der Waals surface area contributed by atoms with Gasteiger partial charge in [0.1, 0.15) is 5.58 Å². The van der Waals surface area contributed by atoms with Gasteiger partial charge in [-0.05, 0) is 30.7 Å². The second kappa shape index (κ2) is 4.04. The molecule has 1 aromatic carbocycles. The summed E-state index contributed by atoms with van der Waals surface area (Å²) in [5.41, 5.74) is 0.521. The Kier molecular flexibility index (Phi) is 2.80. The van der Waals surface area contributed by atoms with Crippen LogP contribution in [0.4, 0.5) is 13.2 Å². The molecule has 0 bridgehead atoms. The van der Waals surface area contributed by atoms with Gasteiger partial charge in [0, 0.05) is 5.39 Å². The molecule has 0 radical (unpaired) electrons. The van der Waals surface area contributed by atoms with Crippen molar-refractivity contribution in [2.45, 2.75) is 19.0 Å². The van der Waals surface area contributed by atoms with Crippen molar-refractivity contribution < 1.29 is 27.5 Å². The first-order valence-corrected chi connectivity index (χ1v) is 5.12. The topological polar surface area (TPSA) is 50.4 Å². The van der Waals surface area contributed by atoms with Crippen LogP contribution in [0.25, 0.3) is 11.0 Å². The van der Waals surface area contributed by atoms with E-state index in [1.807, 2.05) is 0 Å². The van der Waals surface area contributed by atoms with Gasteiger partial charge in [0.15, 0.2) is 0 Å². The summed E-state index contributed by atoms with van der Waals surface area (Å²) in [6.07, 6.45) is -4.54. The van der Waals surface area contributed by atoms with E-state index in [1.54, 1.807) is 0 Å². The molecule has 18 heavy (non-hydrogen) atoms. The Labute approximate surface area is 99.8 Å². The van der Waals surface area contributed by atoms with E-state index in [-0.39, 0.29) is 11.0 Å². The zero-order valence-electron chi connectivity index (χ0n) is 9.28. The normalized spacial score (nSPS) is 13.8. The summed E-state index contributed by atoms with van der Waals surface area (Å²) in [4.78, 5) is 10.8. The van der Waals surface area contributed by atoms with Crippen LogP contribution in [-0.2, 0) is 11.0 Å². The predicted molar refractivity (Wildman–Crippen MR) is 57.3 cm³/mol. The van der Waals surface area contributed by atoms with Crippen molar-refractivity contribution in [1.82, 2.24) is 0 Å². The van der Waals surface area contributed by atoms with Crippen molar-refractivity contribution in [2.75, 3.05) is 0 Å². The van der Waals surface area contributed by atoms with Crippen LogP contribution in [0.5, 0.6) is 0 Å². The highest BCUT2D eigenvalue weighted by Crippen LogP contribution is 2.34. The van der Waals surface area contributed by atoms with E-state index in [1.165, 1.54) is 25.1 Å². The van der Waals surface area contributed by atoms with Crippen LogP contribution >= 0.6 is 0 Å². The van der Waals surface area contributed by atoms with E-state index < -0.39 is 23.8 Å². The van der Waals surface area contributed by atoms with Crippen molar-refractivity contribution in [2.24, 2.45) is 0 Å². The predicted octanol–water partition coefficient (Wildman–Crippen LogP) is 3.64. The van der Waals surface area contributed by atoms with Gasteiger partial charge in [-0.15, -0.1) is 0 Å². The molecule has 0 aliphatic rings. The Bertz CT molecular complexity index is 598. The number of fused-ring (bicyclic) bond motifs is 1. The molecule has 6 heteroatoms. The van der Waals surface area contributed by atoms with Crippen molar-refractivity contribution in [3.05, 3.63) is 35.6 Å². The highest BCUT2D eigenvalue weighted by molar-refractivity contribution is 5.82. The molecule has 1 unspecified atom stereocenters. The van der Waals surface area contributed by atoms with E-state index in [9.17, 15) is 18.0 Å². The van der Waals surface area contributed by atoms with Gasteiger partial charge in [0.05, 0.1) is 5.92 Å². The molecule has 1 aromatic heterocycles. The minimum absolute atomic E-state index is 0.0867. The summed E-state index contributed by atoms with van der Waals surface area (Å²) >= 11 is 0. The average Bonchev–Trinajstić information content (AvgIpc) is 2.69. The van der Waals surface area contributed by atoms with E-state index in [4.69, 9.17) is 5.11 Å². The van der Waals surface area contributed by atoms with Gasteiger partial charge >= 0.3 is 12.1 Å². The van der Waals surface area contributed by atoms with Gasteiger partial charge in [-0.2, -0.15) is 13.2 Å². The highest BCUT2D eigenvalue weighted by atomic mass is 19.4. The van der Waals surface area contributed by atoms with Gasteiger partial charge in [-0.1, -0.05) is 6.07 Å². The highest BCUT2D eigenvalue weighted by Gasteiger charge is 2.35. The number of carboxylic acids is 1. The molecule has 2 rings (SSSR count). The molecule has 96 valence electrons. The molecule has 0 spiro atoms. The smallest absolute Gasteiger partial charge is 0.449 e. The Morgan fingerprint density at radius 1 is 1.33 bits per heavy atom. The van der Waals surface area contributed by atoms with E-state index in [2.05, 4.69) is 4.42 Å². The van der Waals surface area contributed by atoms with Crippen LogP contribution < -0.4 is 0 Å². The second-order valence-corrected chi connectivity index (χ2v) is 3.97. The number of aliphatic carboxylic acids is 1. The molecule has 0 aliphatic carbocycles. The van der Waals surface area contributed by atoms with Gasteiger partial charge in [-0.25, -0.2) is 0 Å². The number of furan rings is 1. The Morgan fingerprint density at radius 3 is 2.56 bits per heavy atom. The molecule has 2 aromatic rings. The minimum atomic E-state index is -4.54. The lowest BCUT2D eigenvalue weighted by Gasteiger charge is -2.05. The Hall–Kier alpha value is -1.98. The fourth-order valence-corrected chi connectivity index (χ4v) is 1.61. The lowest BCUT2D eigenvalue weighted by atomic mass is 10.0. The SMILES string of the molecule is CC(C(=O)O)c1ccc2oc(C(F)(F)F)cc2c1. The van der Waals surface area contributed by atoms with E-state index in [0.717, 1.165) is 6.07 Å². The number of rotatable bonds is 2. The standard InChI is InChI=1S/C12H9F3O3/c1-6(11(16)17)7-2-3-9-8(4-7)5-10(18-9)12(13,14)15/h2-6H,1H3,(H,16,17). The van der Waals surface area contributed by atoms with E-state index in [0.29, 0.717) is 5.56 Å². The van der Waals surface area contributed by atoms with Crippen molar-refractivity contribution in [3.8, 4) is 0 Å². The van der Waals surface area contributed by atoms with Crippen LogP contribution in [0.3, 0.4) is 0 Å². The summed E-state index contributed by atoms with van der Waals surface area (Å²) in [6, 6.07) is 5.06. The molecule has 1 heterocycles. The summed E-state index contributed by atoms with van der Waals surface area (Å²) in [6.45, 7) is 1.47. The monoisotopic (exact) mass is 258 g/mol. The number of benzene rings is 1. The lowest BCUT2D eigenvalue weighted by molar-refractivity contribution is -0.152. The Balaban J connectivity index is 2.49. The van der Waals surface area contributed by atoms with Crippen LogP contribution in [-0.4, -0.2) is 11.1 Å². The van der Waals surface area contributed by atoms with Gasteiger partial charge < -0.3 is 9.52 Å². The average molecular weight is 258 g/mol. The minimum Gasteiger partial charge on any atom is -0.481 e. The molecule has 3 nitrogen and oxygen atoms in total. The maximum Gasteiger partial charge on any atom is 0.449 e. The fraction of sp³-hybridized carbons (Fsp3) is 0.250. The third-order valence-electron chi connectivity index (χ3n) is 2.69. The quantitative estimate of drug-likeness (QED) is 0.894. The number of carboxylic acid groups (broad SMARTS) is 1. The van der Waals surface area contributed by atoms with Crippen molar-refractivity contribution in [3.63, 3.8) is 0 Å². The van der Waals surface area contributed by atoms with Gasteiger partial charge in [0.25, 0.3) is 0 Å². The van der Waals surface area contributed by atoms with Crippen LogP contribution in [0.15, 0.2) is 28.7 Å². The zero-order valence-corrected chi connectivity index (χ0v) is 9.28. The first-order chi connectivity index (χ1) is 8.29. The van der Waals surface area contributed by atoms with Crippen LogP contribution in [0, 0.1) is 0 Å². The number of halogens is 3. The number of carbonyl (C=O) groups is 1. The number of hydrogen-bond acceptors (Lipinski definition) is 2. The molecular weight excluding hydrogens is 249 g/mol. The van der Waals surface area contributed by atoms with Crippen molar-refractivity contribution in [1.29, 1.82) is 0 Å². The maximum absolute atomic E-state index is 12.4. The van der Waals surface area contributed by atoms with Gasteiger partial charge in [-0.3, -0.25) is 4.79 Å². The molecule has 1 atom stereocenters. The zero-order chi connectivity index (χ0) is 13.5. The molecule has 0 amide bonds. The lowest BCUT2D eigenvalue weighted by Crippen LogP contribution is -2.06. The molecule has 1 N–H and O–H groups in total. The molecule has 0 aliphatic heterocycles. The number of alkyl halides is 3. The molecule has 0 saturated heterocycles. The molecule has 0 saturated carbocycles. The Morgan fingerprint density at radius 2 is 2.00 bits per heavy atom. The third-order valence-corrected chi connectivity index (χ3v) is 2.69. The summed E-state index contributed by atoms with van der Waals surface area (Å²) in [7, 11) is 0. The van der Waals surface area contributed by atoms with Crippen LogP contribution in [0.1, 0.15) is 24.2 Å². The summed E-state index contributed by atoms with van der Waals surface area (Å²) in [5, 5.41) is 9.08. The number of hydrogen-bond donors (Lipinski definition) is 1. The third kappa shape index (κ3) is 2.18.